The molecule has 2 aromatic carbocycles. The molecule has 1 heterocycles. The zero-order valence-electron chi connectivity index (χ0n) is 10.9. The minimum atomic E-state index is 0.578. The Kier molecular flexibility index (Phi) is 3.25. The highest BCUT2D eigenvalue weighted by molar-refractivity contribution is 6.33. The molecule has 1 aromatic heterocycles. The highest BCUT2D eigenvalue weighted by Gasteiger charge is 2.06. The molecule has 0 aliphatic heterocycles. The van der Waals surface area contributed by atoms with Crippen LogP contribution in [0.2, 0.25) is 5.02 Å². The summed E-state index contributed by atoms with van der Waals surface area (Å²) in [5.74, 6) is 0. The number of aromatic nitrogens is 1. The third-order valence-electron chi connectivity index (χ3n) is 3.27. The van der Waals surface area contributed by atoms with Crippen LogP contribution in [0, 0.1) is 6.92 Å². The number of carbonyl (C=O) groups excluding carboxylic acids is 1. The van der Waals surface area contributed by atoms with Crippen molar-refractivity contribution < 1.29 is 4.79 Å². The van der Waals surface area contributed by atoms with Gasteiger partial charge in [-0.3, -0.25) is 9.78 Å². The van der Waals surface area contributed by atoms with Gasteiger partial charge in [-0.25, -0.2) is 0 Å². The molecule has 0 atom stereocenters. The van der Waals surface area contributed by atoms with Crippen LogP contribution in [0.1, 0.15) is 16.1 Å². The molecular weight excluding hydrogens is 270 g/mol. The van der Waals surface area contributed by atoms with Gasteiger partial charge in [0.1, 0.15) is 6.29 Å². The van der Waals surface area contributed by atoms with Crippen molar-refractivity contribution in [2.75, 3.05) is 0 Å². The molecule has 0 saturated heterocycles. The fourth-order valence-electron chi connectivity index (χ4n) is 2.23. The largest absolute Gasteiger partial charge is 0.298 e. The van der Waals surface area contributed by atoms with Crippen molar-refractivity contribution in [1.82, 2.24) is 4.98 Å². The number of hydrogen-bond acceptors (Lipinski definition) is 2. The predicted octanol–water partition coefficient (Wildman–Crippen LogP) is 4.68. The molecule has 0 bridgehead atoms. The number of aldehydes is 1. The number of hydrogen-bond donors (Lipinski definition) is 0. The number of fused-ring (bicyclic) bond motifs is 1. The van der Waals surface area contributed by atoms with Crippen LogP contribution in [0.15, 0.2) is 48.5 Å². The van der Waals surface area contributed by atoms with E-state index in [1.165, 1.54) is 0 Å². The van der Waals surface area contributed by atoms with E-state index in [0.717, 1.165) is 34.0 Å². The lowest BCUT2D eigenvalue weighted by Gasteiger charge is -2.07. The fourth-order valence-corrected chi connectivity index (χ4v) is 2.53. The molecule has 3 aromatic rings. The molecule has 0 aliphatic rings. The van der Waals surface area contributed by atoms with Crippen LogP contribution < -0.4 is 0 Å². The molecule has 0 saturated carbocycles. The normalized spacial score (nSPS) is 10.7. The van der Waals surface area contributed by atoms with Gasteiger partial charge in [0.05, 0.1) is 5.52 Å². The van der Waals surface area contributed by atoms with Gasteiger partial charge in [-0.1, -0.05) is 35.9 Å². The fraction of sp³-hybridized carbons (Fsp3) is 0.0588. The highest BCUT2D eigenvalue weighted by atomic mass is 35.5. The third kappa shape index (κ3) is 2.30. The first-order chi connectivity index (χ1) is 9.67. The highest BCUT2D eigenvalue weighted by Crippen LogP contribution is 2.30. The van der Waals surface area contributed by atoms with Crippen LogP contribution in [0.25, 0.3) is 22.0 Å². The second-order valence-electron chi connectivity index (χ2n) is 4.72. The second-order valence-corrected chi connectivity index (χ2v) is 5.12. The second kappa shape index (κ2) is 5.06. The predicted molar refractivity (Wildman–Crippen MR) is 82.3 cm³/mol. The van der Waals surface area contributed by atoms with E-state index in [9.17, 15) is 4.79 Å². The lowest BCUT2D eigenvalue weighted by molar-refractivity contribution is 0.112. The van der Waals surface area contributed by atoms with Crippen LogP contribution >= 0.6 is 11.6 Å². The molecular formula is C17H12ClNO. The Morgan fingerprint density at radius 1 is 1.05 bits per heavy atom. The van der Waals surface area contributed by atoms with E-state index >= 15 is 0 Å². The third-order valence-corrected chi connectivity index (χ3v) is 3.58. The van der Waals surface area contributed by atoms with Crippen molar-refractivity contribution in [2.45, 2.75) is 6.92 Å². The summed E-state index contributed by atoms with van der Waals surface area (Å²) >= 11 is 6.24. The maximum atomic E-state index is 10.7. The van der Waals surface area contributed by atoms with Crippen molar-refractivity contribution in [1.29, 1.82) is 0 Å². The molecule has 0 amide bonds. The SMILES string of the molecule is Cc1ccc2cc(-c3ccc(C=O)cc3Cl)ccc2n1. The summed E-state index contributed by atoms with van der Waals surface area (Å²) in [6.07, 6.45) is 0.794. The molecule has 3 rings (SSSR count). The summed E-state index contributed by atoms with van der Waals surface area (Å²) < 4.78 is 0. The first-order valence-corrected chi connectivity index (χ1v) is 6.68. The smallest absolute Gasteiger partial charge is 0.150 e. The van der Waals surface area contributed by atoms with Gasteiger partial charge >= 0.3 is 0 Å². The zero-order valence-corrected chi connectivity index (χ0v) is 11.7. The summed E-state index contributed by atoms with van der Waals surface area (Å²) in [4.78, 5) is 15.2. The van der Waals surface area contributed by atoms with Crippen molar-refractivity contribution in [3.63, 3.8) is 0 Å². The maximum absolute atomic E-state index is 10.7. The molecule has 98 valence electrons. The molecule has 0 aliphatic carbocycles. The molecule has 0 unspecified atom stereocenters. The van der Waals surface area contributed by atoms with E-state index in [2.05, 4.69) is 17.1 Å². The Morgan fingerprint density at radius 2 is 1.90 bits per heavy atom. The van der Waals surface area contributed by atoms with Crippen LogP contribution in [0.3, 0.4) is 0 Å². The lowest BCUT2D eigenvalue weighted by Crippen LogP contribution is -1.86. The van der Waals surface area contributed by atoms with Crippen LogP contribution in [-0.2, 0) is 0 Å². The average Bonchev–Trinajstić information content (AvgIpc) is 2.46. The molecule has 0 radical (unpaired) electrons. The molecule has 0 N–H and O–H groups in total. The molecule has 0 spiro atoms. The lowest BCUT2D eigenvalue weighted by atomic mass is 10.0. The van der Waals surface area contributed by atoms with Gasteiger partial charge in [0, 0.05) is 27.2 Å². The number of nitrogens with zero attached hydrogens (tertiary/aromatic N) is 1. The number of halogens is 1. The van der Waals surface area contributed by atoms with Crippen LogP contribution in [0.4, 0.5) is 0 Å². The Morgan fingerprint density at radius 3 is 2.65 bits per heavy atom. The van der Waals surface area contributed by atoms with E-state index in [0.29, 0.717) is 10.6 Å². The maximum Gasteiger partial charge on any atom is 0.150 e. The summed E-state index contributed by atoms with van der Waals surface area (Å²) in [7, 11) is 0. The number of benzene rings is 2. The monoisotopic (exact) mass is 281 g/mol. The van der Waals surface area contributed by atoms with Gasteiger partial charge in [0.15, 0.2) is 0 Å². The van der Waals surface area contributed by atoms with Gasteiger partial charge in [-0.2, -0.15) is 0 Å². The minimum Gasteiger partial charge on any atom is -0.298 e. The quantitative estimate of drug-likeness (QED) is 0.639. The summed E-state index contributed by atoms with van der Waals surface area (Å²) in [5.41, 5.74) is 4.48. The van der Waals surface area contributed by atoms with Crippen molar-refractivity contribution in [3.8, 4) is 11.1 Å². The average molecular weight is 282 g/mol. The van der Waals surface area contributed by atoms with E-state index in [1.807, 2.05) is 31.2 Å². The van der Waals surface area contributed by atoms with Crippen molar-refractivity contribution >= 4 is 28.8 Å². The number of pyridine rings is 1. The van der Waals surface area contributed by atoms with Crippen molar-refractivity contribution in [2.24, 2.45) is 0 Å². The molecule has 20 heavy (non-hydrogen) atoms. The van der Waals surface area contributed by atoms with Gasteiger partial charge in [-0.05, 0) is 36.8 Å². The number of aryl methyl sites for hydroxylation is 1. The van der Waals surface area contributed by atoms with Gasteiger partial charge in [0.25, 0.3) is 0 Å². The van der Waals surface area contributed by atoms with E-state index < -0.39 is 0 Å². The Balaban J connectivity index is 2.14. The zero-order chi connectivity index (χ0) is 14.1. The molecule has 3 heteroatoms. The molecule has 2 nitrogen and oxygen atoms in total. The van der Waals surface area contributed by atoms with Gasteiger partial charge in [-0.15, -0.1) is 0 Å². The Bertz CT molecular complexity index is 811. The van der Waals surface area contributed by atoms with Crippen LogP contribution in [-0.4, -0.2) is 11.3 Å². The summed E-state index contributed by atoms with van der Waals surface area (Å²) in [6.45, 7) is 1.97. The summed E-state index contributed by atoms with van der Waals surface area (Å²) in [5, 5.41) is 1.65. The first-order valence-electron chi connectivity index (χ1n) is 6.30. The Labute approximate surface area is 122 Å². The summed E-state index contributed by atoms with van der Waals surface area (Å²) in [6, 6.07) is 15.4. The number of rotatable bonds is 2. The van der Waals surface area contributed by atoms with E-state index in [-0.39, 0.29) is 0 Å². The Hall–Kier alpha value is -2.19. The topological polar surface area (TPSA) is 30.0 Å². The minimum absolute atomic E-state index is 0.578. The van der Waals surface area contributed by atoms with Crippen LogP contribution in [0.5, 0.6) is 0 Å². The van der Waals surface area contributed by atoms with E-state index in [4.69, 9.17) is 11.6 Å². The molecule has 0 fully saturated rings. The van der Waals surface area contributed by atoms with Gasteiger partial charge < -0.3 is 0 Å². The van der Waals surface area contributed by atoms with Gasteiger partial charge in [0.2, 0.25) is 0 Å². The number of carbonyl (C=O) groups is 1. The first kappa shape index (κ1) is 12.8. The standard InChI is InChI=1S/C17H12ClNO/c1-11-2-4-14-9-13(5-7-17(14)19-11)15-6-3-12(10-20)8-16(15)18/h2-10H,1H3. The van der Waals surface area contributed by atoms with Crippen molar-refractivity contribution in [3.05, 3.63) is 64.8 Å². The van der Waals surface area contributed by atoms with E-state index in [1.54, 1.807) is 12.1 Å².